The normalized spacial score (nSPS) is 20.7. The van der Waals surface area contributed by atoms with Crippen molar-refractivity contribution < 1.29 is 9.53 Å². The zero-order valence-corrected chi connectivity index (χ0v) is 10.9. The van der Waals surface area contributed by atoms with Crippen molar-refractivity contribution in [3.63, 3.8) is 0 Å². The van der Waals surface area contributed by atoms with Crippen LogP contribution in [-0.2, 0) is 9.53 Å². The van der Waals surface area contributed by atoms with Gasteiger partial charge in [0.25, 0.3) is 0 Å². The number of carbonyl (C=O) groups is 1. The van der Waals surface area contributed by atoms with Gasteiger partial charge in [0.2, 0.25) is 0 Å². The van der Waals surface area contributed by atoms with Crippen LogP contribution in [0.5, 0.6) is 0 Å². The van der Waals surface area contributed by atoms with Crippen LogP contribution in [0.4, 0.5) is 0 Å². The van der Waals surface area contributed by atoms with E-state index in [-0.39, 0.29) is 5.97 Å². The van der Waals surface area contributed by atoms with Crippen molar-refractivity contribution in [3.05, 3.63) is 0 Å². The van der Waals surface area contributed by atoms with E-state index >= 15 is 0 Å². The van der Waals surface area contributed by atoms with Crippen LogP contribution in [0.1, 0.15) is 46.5 Å². The number of likely N-dealkylation sites (tertiary alicyclic amines) is 1. The molecule has 0 atom stereocenters. The highest BCUT2D eigenvalue weighted by atomic mass is 16.5. The van der Waals surface area contributed by atoms with E-state index < -0.39 is 0 Å². The molecule has 0 N–H and O–H groups in total. The van der Waals surface area contributed by atoms with Crippen molar-refractivity contribution in [2.45, 2.75) is 46.5 Å². The minimum atomic E-state index is -0.0806. The first-order valence-corrected chi connectivity index (χ1v) is 6.53. The molecule has 0 aromatic rings. The van der Waals surface area contributed by atoms with E-state index in [1.807, 2.05) is 6.92 Å². The van der Waals surface area contributed by atoms with Gasteiger partial charge in [-0.1, -0.05) is 26.7 Å². The maximum absolute atomic E-state index is 11.3. The molecule has 1 aliphatic heterocycles. The molecule has 3 nitrogen and oxygen atoms in total. The van der Waals surface area contributed by atoms with Gasteiger partial charge < -0.3 is 4.74 Å². The molecule has 0 saturated carbocycles. The number of nitrogens with zero attached hydrogens (tertiary/aromatic N) is 1. The molecule has 0 amide bonds. The van der Waals surface area contributed by atoms with Gasteiger partial charge >= 0.3 is 5.97 Å². The maximum Gasteiger partial charge on any atom is 0.320 e. The zero-order chi connectivity index (χ0) is 12.0. The molecule has 0 spiro atoms. The Balaban J connectivity index is 2.34. The minimum Gasteiger partial charge on any atom is -0.465 e. The van der Waals surface area contributed by atoms with Crippen LogP contribution in [0.3, 0.4) is 0 Å². The first-order chi connectivity index (χ1) is 7.65. The molecule has 0 bridgehead atoms. The highest BCUT2D eigenvalue weighted by Crippen LogP contribution is 2.37. The van der Waals surface area contributed by atoms with Gasteiger partial charge in [0.1, 0.15) is 0 Å². The lowest BCUT2D eigenvalue weighted by atomic mass is 9.74. The lowest BCUT2D eigenvalue weighted by Crippen LogP contribution is -2.42. The molecule has 0 aliphatic carbocycles. The third-order valence-electron chi connectivity index (χ3n) is 4.07. The summed E-state index contributed by atoms with van der Waals surface area (Å²) in [6.07, 6.45) is 4.96. The first-order valence-electron chi connectivity index (χ1n) is 6.53. The molecule has 1 aliphatic rings. The van der Waals surface area contributed by atoms with Crippen molar-refractivity contribution in [2.24, 2.45) is 5.41 Å². The average molecular weight is 227 g/mol. The Labute approximate surface area is 99.1 Å². The smallest absolute Gasteiger partial charge is 0.320 e. The van der Waals surface area contributed by atoms with E-state index in [1.165, 1.54) is 25.7 Å². The number of esters is 1. The molecule has 0 aromatic heterocycles. The van der Waals surface area contributed by atoms with E-state index in [4.69, 9.17) is 4.74 Å². The van der Waals surface area contributed by atoms with Crippen LogP contribution in [0.2, 0.25) is 0 Å². The quantitative estimate of drug-likeness (QED) is 0.676. The summed E-state index contributed by atoms with van der Waals surface area (Å²) >= 11 is 0. The van der Waals surface area contributed by atoms with Crippen molar-refractivity contribution in [1.29, 1.82) is 0 Å². The number of hydrogen-bond donors (Lipinski definition) is 0. The highest BCUT2D eigenvalue weighted by Gasteiger charge is 2.31. The fraction of sp³-hybridized carbons (Fsp3) is 0.923. The molecule has 16 heavy (non-hydrogen) atoms. The molecule has 0 radical (unpaired) electrons. The lowest BCUT2D eigenvalue weighted by molar-refractivity contribution is -0.145. The van der Waals surface area contributed by atoms with Crippen LogP contribution in [0, 0.1) is 5.41 Å². The number of piperidine rings is 1. The van der Waals surface area contributed by atoms with Gasteiger partial charge in [0.15, 0.2) is 0 Å². The Morgan fingerprint density at radius 1 is 1.19 bits per heavy atom. The molecular weight excluding hydrogens is 202 g/mol. The van der Waals surface area contributed by atoms with Crippen LogP contribution in [0.25, 0.3) is 0 Å². The van der Waals surface area contributed by atoms with E-state index in [1.54, 1.807) is 0 Å². The van der Waals surface area contributed by atoms with Crippen molar-refractivity contribution in [3.8, 4) is 0 Å². The highest BCUT2D eigenvalue weighted by molar-refractivity contribution is 5.71. The predicted octanol–water partition coefficient (Wildman–Crippen LogP) is 2.45. The third kappa shape index (κ3) is 3.48. The lowest BCUT2D eigenvalue weighted by Gasteiger charge is -2.40. The molecule has 1 fully saturated rings. The van der Waals surface area contributed by atoms with Crippen LogP contribution in [0.15, 0.2) is 0 Å². The minimum absolute atomic E-state index is 0.0806. The zero-order valence-electron chi connectivity index (χ0n) is 10.9. The molecule has 3 heteroatoms. The number of hydrogen-bond acceptors (Lipinski definition) is 3. The molecule has 1 heterocycles. The summed E-state index contributed by atoms with van der Waals surface area (Å²) in [6.45, 7) is 9.46. The fourth-order valence-electron chi connectivity index (χ4n) is 2.53. The van der Waals surface area contributed by atoms with Crippen molar-refractivity contribution in [2.75, 3.05) is 26.2 Å². The van der Waals surface area contributed by atoms with Gasteiger partial charge in [0.05, 0.1) is 13.2 Å². The second-order valence-corrected chi connectivity index (χ2v) is 4.79. The standard InChI is InChI=1S/C13H25NO2/c1-4-13(5-2)7-9-14(10-8-13)11-12(15)16-6-3/h4-11H2,1-3H3. The Morgan fingerprint density at radius 2 is 1.75 bits per heavy atom. The monoisotopic (exact) mass is 227 g/mol. The number of carbonyl (C=O) groups excluding carboxylic acids is 1. The molecular formula is C13H25NO2. The summed E-state index contributed by atoms with van der Waals surface area (Å²) in [4.78, 5) is 13.6. The Morgan fingerprint density at radius 3 is 2.19 bits per heavy atom. The fourth-order valence-corrected chi connectivity index (χ4v) is 2.53. The molecule has 1 rings (SSSR count). The molecule has 1 saturated heterocycles. The van der Waals surface area contributed by atoms with Crippen LogP contribution >= 0.6 is 0 Å². The van der Waals surface area contributed by atoms with E-state index in [0.717, 1.165) is 13.1 Å². The summed E-state index contributed by atoms with van der Waals surface area (Å²) < 4.78 is 4.97. The summed E-state index contributed by atoms with van der Waals surface area (Å²) in [5.74, 6) is -0.0806. The topological polar surface area (TPSA) is 29.5 Å². The maximum atomic E-state index is 11.3. The molecule has 0 unspecified atom stereocenters. The summed E-state index contributed by atoms with van der Waals surface area (Å²) in [6, 6.07) is 0. The number of rotatable bonds is 5. The van der Waals surface area contributed by atoms with Crippen molar-refractivity contribution >= 4 is 5.97 Å². The second kappa shape index (κ2) is 6.24. The van der Waals surface area contributed by atoms with Gasteiger partial charge in [-0.15, -0.1) is 0 Å². The Kier molecular flexibility index (Phi) is 5.26. The second-order valence-electron chi connectivity index (χ2n) is 4.79. The third-order valence-corrected chi connectivity index (χ3v) is 4.07. The summed E-state index contributed by atoms with van der Waals surface area (Å²) in [5.41, 5.74) is 0.533. The van der Waals surface area contributed by atoms with Crippen molar-refractivity contribution in [1.82, 2.24) is 4.90 Å². The van der Waals surface area contributed by atoms with Gasteiger partial charge in [-0.25, -0.2) is 0 Å². The van der Waals surface area contributed by atoms with Gasteiger partial charge in [-0.3, -0.25) is 9.69 Å². The number of ether oxygens (including phenoxy) is 1. The van der Waals surface area contributed by atoms with Crippen LogP contribution < -0.4 is 0 Å². The van der Waals surface area contributed by atoms with E-state index in [0.29, 0.717) is 18.6 Å². The summed E-state index contributed by atoms with van der Waals surface area (Å²) in [5, 5.41) is 0. The van der Waals surface area contributed by atoms with Crippen LogP contribution in [-0.4, -0.2) is 37.1 Å². The first kappa shape index (κ1) is 13.5. The van der Waals surface area contributed by atoms with Gasteiger partial charge in [-0.05, 0) is 38.3 Å². The Hall–Kier alpha value is -0.570. The largest absolute Gasteiger partial charge is 0.465 e. The SMILES string of the molecule is CCOC(=O)CN1CCC(CC)(CC)CC1. The molecule has 0 aromatic carbocycles. The molecule has 94 valence electrons. The average Bonchev–Trinajstić information content (AvgIpc) is 2.31. The van der Waals surface area contributed by atoms with Gasteiger partial charge in [0, 0.05) is 0 Å². The van der Waals surface area contributed by atoms with E-state index in [2.05, 4.69) is 18.7 Å². The van der Waals surface area contributed by atoms with E-state index in [9.17, 15) is 4.79 Å². The van der Waals surface area contributed by atoms with Gasteiger partial charge in [-0.2, -0.15) is 0 Å². The predicted molar refractivity (Wildman–Crippen MR) is 65.3 cm³/mol. The Bertz CT molecular complexity index is 214. The summed E-state index contributed by atoms with van der Waals surface area (Å²) in [7, 11) is 0.